The first-order valence-electron chi connectivity index (χ1n) is 4.33. The molecule has 6 heteroatoms. The summed E-state index contributed by atoms with van der Waals surface area (Å²) in [4.78, 5) is 9.82. The van der Waals surface area contributed by atoms with E-state index in [2.05, 4.69) is 22.6 Å². The van der Waals surface area contributed by atoms with Crippen LogP contribution in [-0.4, -0.2) is 15.1 Å². The predicted molar refractivity (Wildman–Crippen MR) is 66.5 cm³/mol. The molecule has 0 atom stereocenters. The van der Waals surface area contributed by atoms with Crippen LogP contribution in [0, 0.1) is 0 Å². The maximum Gasteiger partial charge on any atom is 0.214 e. The lowest BCUT2D eigenvalue weighted by atomic mass is 10.4. The Bertz CT molecular complexity index is 494. The summed E-state index contributed by atoms with van der Waals surface area (Å²) in [5.41, 5.74) is 0. The third kappa shape index (κ3) is 3.30. The third-order valence-electron chi connectivity index (χ3n) is 1.71. The van der Waals surface area contributed by atoms with Gasteiger partial charge in [-0.2, -0.15) is 4.98 Å². The van der Waals surface area contributed by atoms with Crippen LogP contribution in [0.4, 0.5) is 0 Å². The molecule has 0 fully saturated rings. The Balaban J connectivity index is 0.000000120. The van der Waals surface area contributed by atoms with Gasteiger partial charge in [0.15, 0.2) is 5.16 Å². The number of rotatable bonds is 0. The van der Waals surface area contributed by atoms with Gasteiger partial charge in [-0.25, -0.2) is 4.98 Å². The number of hydrogen-bond donors (Lipinski definition) is 2. The van der Waals surface area contributed by atoms with Crippen molar-refractivity contribution >= 4 is 36.0 Å². The summed E-state index contributed by atoms with van der Waals surface area (Å²) in [5, 5.41) is 9.74. The number of benzene rings is 1. The van der Waals surface area contributed by atoms with Crippen LogP contribution in [0.25, 0.3) is 0 Å². The fourth-order valence-electron chi connectivity index (χ4n) is 0.978. The van der Waals surface area contributed by atoms with E-state index in [1.54, 1.807) is 11.8 Å². The average molecular weight is 271 g/mol. The van der Waals surface area contributed by atoms with Crippen molar-refractivity contribution in [3.63, 3.8) is 0 Å². The second kappa shape index (κ2) is 4.95. The minimum Gasteiger partial charge on any atom is -0.493 e. The highest BCUT2D eigenvalue weighted by molar-refractivity contribution is 8.05. The lowest BCUT2D eigenvalue weighted by Gasteiger charge is -1.87. The number of hydrogen-bond acceptors (Lipinski definition) is 5. The first-order chi connectivity index (χ1) is 7.65. The van der Waals surface area contributed by atoms with E-state index in [4.69, 9.17) is 16.7 Å². The van der Waals surface area contributed by atoms with Gasteiger partial charge >= 0.3 is 0 Å². The molecule has 1 aromatic carbocycles. The molecule has 0 spiro atoms. The first-order valence-corrected chi connectivity index (χ1v) is 5.98. The van der Waals surface area contributed by atoms with Gasteiger partial charge in [0.2, 0.25) is 5.88 Å². The van der Waals surface area contributed by atoms with Gasteiger partial charge in [0, 0.05) is 27.1 Å². The minimum absolute atomic E-state index is 0.0509. The fraction of sp³-hybridized carbons (Fsp3) is 0. The molecule has 0 unspecified atom stereocenters. The molecule has 0 saturated heterocycles. The number of aromatic nitrogens is 2. The summed E-state index contributed by atoms with van der Waals surface area (Å²) in [6.45, 7) is 0. The Labute approximate surface area is 107 Å². The molecule has 82 valence electrons. The van der Waals surface area contributed by atoms with E-state index in [9.17, 15) is 0 Å². The van der Waals surface area contributed by atoms with Crippen LogP contribution < -0.4 is 0 Å². The molecule has 0 saturated carbocycles. The van der Waals surface area contributed by atoms with Gasteiger partial charge in [0.05, 0.1) is 0 Å². The predicted octanol–water partition coefficient (Wildman–Crippen LogP) is 3.28. The molecule has 3 nitrogen and oxygen atoms in total. The maximum absolute atomic E-state index is 8.61. The van der Waals surface area contributed by atoms with E-state index in [0.717, 1.165) is 5.02 Å². The summed E-state index contributed by atoms with van der Waals surface area (Å²) in [6, 6.07) is 7.34. The summed E-state index contributed by atoms with van der Waals surface area (Å²) in [6.07, 6.45) is 1.44. The van der Waals surface area contributed by atoms with Gasteiger partial charge in [0.25, 0.3) is 0 Å². The van der Waals surface area contributed by atoms with Crippen molar-refractivity contribution in [1.29, 1.82) is 0 Å². The third-order valence-corrected chi connectivity index (χ3v) is 3.09. The fourth-order valence-corrected chi connectivity index (χ4v) is 2.02. The zero-order chi connectivity index (χ0) is 11.5. The molecular weight excluding hydrogens is 264 g/mol. The summed E-state index contributed by atoms with van der Waals surface area (Å²) >= 11 is 11.2. The van der Waals surface area contributed by atoms with Crippen LogP contribution in [0.1, 0.15) is 0 Å². The maximum atomic E-state index is 8.61. The summed E-state index contributed by atoms with van der Waals surface area (Å²) in [5.74, 6) is -0.0509. The number of aromatic hydroxyl groups is 1. The van der Waals surface area contributed by atoms with Gasteiger partial charge in [-0.3, -0.25) is 0 Å². The number of thiol groups is 1. The van der Waals surface area contributed by atoms with Crippen LogP contribution in [0.5, 0.6) is 5.88 Å². The molecule has 1 N–H and O–H groups in total. The second-order valence-electron chi connectivity index (χ2n) is 2.91. The van der Waals surface area contributed by atoms with Gasteiger partial charge in [-0.1, -0.05) is 23.4 Å². The molecule has 1 aliphatic rings. The van der Waals surface area contributed by atoms with E-state index >= 15 is 0 Å². The van der Waals surface area contributed by atoms with Gasteiger partial charge in [-0.05, 0) is 18.2 Å². The standard InChI is InChI=1S/C6H3ClS.C4H4N2OS/c7-4-1-2-5-6(3-4)8-5;7-3-1-2-5-4(8)6-3/h1-3H;1-2H,(H2,5,6,7,8). The van der Waals surface area contributed by atoms with Crippen molar-refractivity contribution in [2.45, 2.75) is 14.9 Å². The van der Waals surface area contributed by atoms with Crippen molar-refractivity contribution in [2.75, 3.05) is 0 Å². The smallest absolute Gasteiger partial charge is 0.214 e. The molecule has 0 aliphatic carbocycles. The zero-order valence-corrected chi connectivity index (χ0v) is 10.4. The van der Waals surface area contributed by atoms with Crippen LogP contribution in [-0.2, 0) is 0 Å². The van der Waals surface area contributed by atoms with E-state index in [0.29, 0.717) is 0 Å². The summed E-state index contributed by atoms with van der Waals surface area (Å²) < 4.78 is 0. The molecule has 3 rings (SSSR count). The van der Waals surface area contributed by atoms with Crippen molar-refractivity contribution < 1.29 is 5.11 Å². The second-order valence-corrected chi connectivity index (χ2v) is 4.83. The van der Waals surface area contributed by atoms with Crippen molar-refractivity contribution in [3.8, 4) is 5.88 Å². The zero-order valence-electron chi connectivity index (χ0n) is 7.96. The lowest BCUT2D eigenvalue weighted by molar-refractivity contribution is 0.445. The molecule has 0 bridgehead atoms. The molecule has 2 heterocycles. The van der Waals surface area contributed by atoms with Crippen LogP contribution in [0.15, 0.2) is 45.4 Å². The van der Waals surface area contributed by atoms with E-state index in [1.165, 1.54) is 22.1 Å². The molecule has 2 aromatic rings. The van der Waals surface area contributed by atoms with Crippen LogP contribution in [0.2, 0.25) is 5.02 Å². The minimum atomic E-state index is -0.0509. The average Bonchev–Trinajstić information content (AvgIpc) is 2.96. The van der Waals surface area contributed by atoms with Gasteiger partial charge in [-0.15, -0.1) is 12.6 Å². The molecule has 0 amide bonds. The Morgan fingerprint density at radius 1 is 1.25 bits per heavy atom. The summed E-state index contributed by atoms with van der Waals surface area (Å²) in [7, 11) is 0. The molecule has 1 aromatic heterocycles. The molecular formula is C10H7ClN2OS2. The normalized spacial score (nSPS) is 11.1. The Hall–Kier alpha value is -0.910. The van der Waals surface area contributed by atoms with Gasteiger partial charge < -0.3 is 5.11 Å². The van der Waals surface area contributed by atoms with E-state index in [-0.39, 0.29) is 11.0 Å². The van der Waals surface area contributed by atoms with Gasteiger partial charge in [0.1, 0.15) is 0 Å². The van der Waals surface area contributed by atoms with E-state index < -0.39 is 0 Å². The highest BCUT2D eigenvalue weighted by atomic mass is 35.5. The molecule has 16 heavy (non-hydrogen) atoms. The van der Waals surface area contributed by atoms with Crippen molar-refractivity contribution in [3.05, 3.63) is 35.5 Å². The highest BCUT2D eigenvalue weighted by Crippen LogP contribution is 2.48. The number of halogens is 1. The Morgan fingerprint density at radius 3 is 2.56 bits per heavy atom. The van der Waals surface area contributed by atoms with Crippen molar-refractivity contribution in [2.24, 2.45) is 0 Å². The molecule has 0 radical (unpaired) electrons. The van der Waals surface area contributed by atoms with Crippen molar-refractivity contribution in [1.82, 2.24) is 9.97 Å². The molecule has 1 aliphatic heterocycles. The van der Waals surface area contributed by atoms with Crippen LogP contribution >= 0.6 is 36.0 Å². The van der Waals surface area contributed by atoms with Crippen LogP contribution in [0.3, 0.4) is 0 Å². The lowest BCUT2D eigenvalue weighted by Crippen LogP contribution is -1.78. The Kier molecular flexibility index (Phi) is 3.58. The topological polar surface area (TPSA) is 46.0 Å². The number of nitrogens with zero attached hydrogens (tertiary/aromatic N) is 2. The SMILES string of the molecule is Clc1ccc2c(c1)S2.Oc1ccnc(S)n1. The largest absolute Gasteiger partial charge is 0.493 e. The monoisotopic (exact) mass is 270 g/mol. The Morgan fingerprint density at radius 2 is 2.06 bits per heavy atom. The first kappa shape index (κ1) is 11.6. The highest BCUT2D eigenvalue weighted by Gasteiger charge is 2.16. The van der Waals surface area contributed by atoms with E-state index in [1.807, 2.05) is 18.2 Å². The quantitative estimate of drug-likeness (QED) is 0.374. The number of fused-ring (bicyclic) bond motifs is 1.